The number of ketones is 2. The highest BCUT2D eigenvalue weighted by Gasteiger charge is 2.39. The Kier molecular flexibility index (Phi) is 7.52. The maximum absolute atomic E-state index is 12.9. The van der Waals surface area contributed by atoms with Gasteiger partial charge in [-0.15, -0.1) is 10.2 Å². The van der Waals surface area contributed by atoms with E-state index in [0.29, 0.717) is 0 Å². The molecule has 0 N–H and O–H groups in total. The van der Waals surface area contributed by atoms with Crippen LogP contribution in [0.1, 0.15) is 38.8 Å². The van der Waals surface area contributed by atoms with Crippen LogP contribution < -0.4 is 9.80 Å². The van der Waals surface area contributed by atoms with E-state index in [9.17, 15) is 9.59 Å². The van der Waals surface area contributed by atoms with Crippen molar-refractivity contribution in [2.24, 2.45) is 0 Å². The fourth-order valence-corrected chi connectivity index (χ4v) is 8.15. The van der Waals surface area contributed by atoms with Crippen LogP contribution in [0.5, 0.6) is 0 Å². The fourth-order valence-electron chi connectivity index (χ4n) is 5.49. The summed E-state index contributed by atoms with van der Waals surface area (Å²) in [5.74, 6) is 0.656. The summed E-state index contributed by atoms with van der Waals surface area (Å²) in [7, 11) is 4.02. The molecule has 0 aliphatic carbocycles. The van der Waals surface area contributed by atoms with Crippen LogP contribution in [0.25, 0.3) is 0 Å². The molecule has 39 heavy (non-hydrogen) atoms. The van der Waals surface area contributed by atoms with Crippen LogP contribution >= 0.6 is 34.9 Å². The minimum atomic E-state index is -0.231. The maximum atomic E-state index is 12.9. The van der Waals surface area contributed by atoms with Crippen LogP contribution in [0.4, 0.5) is 11.4 Å². The van der Waals surface area contributed by atoms with Crippen molar-refractivity contribution in [1.29, 1.82) is 0 Å². The van der Waals surface area contributed by atoms with Crippen LogP contribution in [-0.2, 0) is 20.4 Å². The first-order valence-corrected chi connectivity index (χ1v) is 15.5. The first-order chi connectivity index (χ1) is 18.5. The van der Waals surface area contributed by atoms with Crippen LogP contribution in [-0.4, -0.2) is 47.4 Å². The molecule has 0 spiro atoms. The first-order valence-electron chi connectivity index (χ1n) is 12.8. The van der Waals surface area contributed by atoms with Crippen LogP contribution in [0.15, 0.2) is 80.8 Å². The summed E-state index contributed by atoms with van der Waals surface area (Å²) >= 11 is 4.19. The van der Waals surface area contributed by atoms with Gasteiger partial charge in [0.25, 0.3) is 0 Å². The number of para-hydroxylation sites is 2. The second-order valence-electron chi connectivity index (χ2n) is 10.8. The zero-order valence-corrected chi connectivity index (χ0v) is 25.5. The molecular weight excluding hydrogens is 545 g/mol. The lowest BCUT2D eigenvalue weighted by atomic mass is 9.83. The average Bonchev–Trinajstić information content (AvgIpc) is 3.51. The van der Waals surface area contributed by atoms with E-state index in [4.69, 9.17) is 0 Å². The topological polar surface area (TPSA) is 66.4 Å². The summed E-state index contributed by atoms with van der Waals surface area (Å²) in [5, 5.41) is 8.46. The van der Waals surface area contributed by atoms with E-state index in [1.807, 2.05) is 38.4 Å². The van der Waals surface area contributed by atoms with E-state index in [-0.39, 0.29) is 33.9 Å². The molecule has 0 bridgehead atoms. The summed E-state index contributed by atoms with van der Waals surface area (Å²) in [5.41, 5.74) is 6.25. The van der Waals surface area contributed by atoms with Crippen molar-refractivity contribution in [2.75, 3.05) is 35.4 Å². The van der Waals surface area contributed by atoms with Gasteiger partial charge in [-0.3, -0.25) is 9.59 Å². The Bertz CT molecular complexity index is 1400. The van der Waals surface area contributed by atoms with Gasteiger partial charge in [-0.05, 0) is 23.3 Å². The summed E-state index contributed by atoms with van der Waals surface area (Å²) in [6.45, 7) is 8.60. The monoisotopic (exact) mass is 576 g/mol. The molecule has 1 aromatic heterocycles. The third kappa shape index (κ3) is 5.19. The van der Waals surface area contributed by atoms with E-state index in [2.05, 4.69) is 72.0 Å². The molecule has 2 aliphatic rings. The Morgan fingerprint density at radius 1 is 0.744 bits per heavy atom. The number of thioether (sulfide) groups is 2. The number of aromatic nitrogens is 2. The minimum Gasteiger partial charge on any atom is -0.347 e. The molecule has 2 aromatic carbocycles. The molecule has 5 rings (SSSR count). The Morgan fingerprint density at radius 2 is 1.13 bits per heavy atom. The Balaban J connectivity index is 1.17. The Labute approximate surface area is 242 Å². The third-order valence-corrected chi connectivity index (χ3v) is 10.8. The molecule has 3 heterocycles. The van der Waals surface area contributed by atoms with E-state index in [1.54, 1.807) is 12.2 Å². The fraction of sp³-hybridized carbons (Fsp3) is 0.333. The van der Waals surface area contributed by atoms with Gasteiger partial charge in [0, 0.05) is 59.8 Å². The highest BCUT2D eigenvalue weighted by Crippen LogP contribution is 2.47. The van der Waals surface area contributed by atoms with Crippen molar-refractivity contribution < 1.29 is 9.59 Å². The predicted molar refractivity (Wildman–Crippen MR) is 163 cm³/mol. The van der Waals surface area contributed by atoms with Crippen molar-refractivity contribution in [2.45, 2.75) is 47.2 Å². The van der Waals surface area contributed by atoms with Gasteiger partial charge < -0.3 is 9.80 Å². The molecule has 0 amide bonds. The molecule has 202 valence electrons. The molecule has 6 nitrogen and oxygen atoms in total. The number of likely N-dealkylation sites (N-methyl/N-ethyl adjacent to an activating group) is 2. The highest BCUT2D eigenvalue weighted by atomic mass is 32.2. The molecule has 0 saturated heterocycles. The number of hydrogen-bond donors (Lipinski definition) is 0. The zero-order chi connectivity index (χ0) is 27.9. The third-order valence-electron chi connectivity index (χ3n) is 7.54. The van der Waals surface area contributed by atoms with Gasteiger partial charge >= 0.3 is 0 Å². The summed E-state index contributed by atoms with van der Waals surface area (Å²) in [6.07, 6.45) is 3.52. The number of fused-ring (bicyclic) bond motifs is 2. The molecule has 0 atom stereocenters. The van der Waals surface area contributed by atoms with Crippen molar-refractivity contribution in [3.05, 3.63) is 83.2 Å². The predicted octanol–water partition coefficient (Wildman–Crippen LogP) is 6.48. The van der Waals surface area contributed by atoms with E-state index >= 15 is 0 Å². The van der Waals surface area contributed by atoms with Crippen molar-refractivity contribution in [3.63, 3.8) is 0 Å². The number of allylic oxidation sites excluding steroid dienone is 4. The molecule has 0 unspecified atom stereocenters. The van der Waals surface area contributed by atoms with Gasteiger partial charge in [0.05, 0.1) is 11.5 Å². The van der Waals surface area contributed by atoms with Crippen molar-refractivity contribution >= 4 is 57.8 Å². The van der Waals surface area contributed by atoms with Crippen molar-refractivity contribution in [1.82, 2.24) is 10.2 Å². The first kappa shape index (κ1) is 27.7. The smallest absolute Gasteiger partial charge is 0.175 e. The average molecular weight is 577 g/mol. The zero-order valence-electron chi connectivity index (χ0n) is 23.0. The van der Waals surface area contributed by atoms with Crippen molar-refractivity contribution in [3.8, 4) is 0 Å². The lowest BCUT2D eigenvalue weighted by Gasteiger charge is -2.23. The van der Waals surface area contributed by atoms with Gasteiger partial charge in [0.15, 0.2) is 20.2 Å². The Hall–Kier alpha value is -2.88. The molecule has 0 fully saturated rings. The van der Waals surface area contributed by atoms with Crippen LogP contribution in [0, 0.1) is 0 Å². The molecular formula is C30H32N4O2S3. The molecule has 0 radical (unpaired) electrons. The van der Waals surface area contributed by atoms with Gasteiger partial charge in [-0.25, -0.2) is 0 Å². The molecule has 3 aromatic rings. The minimum absolute atomic E-state index is 0.0400. The van der Waals surface area contributed by atoms with Gasteiger partial charge in [-0.1, -0.05) is 99.0 Å². The van der Waals surface area contributed by atoms with Crippen LogP contribution in [0.3, 0.4) is 0 Å². The lowest BCUT2D eigenvalue weighted by Crippen LogP contribution is -2.24. The molecule has 0 saturated carbocycles. The number of rotatable bonds is 8. The standard InChI is InChI=1S/C30H32N4O2S3/c1-29(2)21-11-7-9-13-23(21)33(5)25(29)15-19(35)17-37-27-31-32-28(39-27)38-18-20(36)16-26-30(3,4)22-12-8-10-14-24(22)34(26)6/h7-16H,17-18H2,1-6H3/b25-15+,26-16+. The van der Waals surface area contributed by atoms with E-state index < -0.39 is 0 Å². The second kappa shape index (κ2) is 10.6. The number of carbonyl (C=O) groups is 2. The Morgan fingerprint density at radius 3 is 1.51 bits per heavy atom. The summed E-state index contributed by atoms with van der Waals surface area (Å²) in [4.78, 5) is 30.0. The lowest BCUT2D eigenvalue weighted by molar-refractivity contribution is -0.113. The number of carbonyl (C=O) groups excluding carboxylic acids is 2. The van der Waals surface area contributed by atoms with Crippen LogP contribution in [0.2, 0.25) is 0 Å². The molecule has 2 aliphatic heterocycles. The van der Waals surface area contributed by atoms with E-state index in [0.717, 1.165) is 31.4 Å². The maximum Gasteiger partial charge on any atom is 0.175 e. The molecule has 9 heteroatoms. The summed E-state index contributed by atoms with van der Waals surface area (Å²) < 4.78 is 1.45. The number of anilines is 2. The SMILES string of the molecule is CN1/C(=C/C(=O)CSc2nnc(SCC(=O)/C=C3/N(C)c4ccccc4C3(C)C)s2)C(C)(C)c2ccccc21. The normalized spacial score (nSPS) is 19.0. The van der Waals surface area contributed by atoms with Gasteiger partial charge in [-0.2, -0.15) is 0 Å². The van der Waals surface area contributed by atoms with E-state index in [1.165, 1.54) is 46.0 Å². The number of benzene rings is 2. The largest absolute Gasteiger partial charge is 0.347 e. The second-order valence-corrected chi connectivity index (χ2v) is 14.2. The number of nitrogens with zero attached hydrogens (tertiary/aromatic N) is 4. The number of hydrogen-bond acceptors (Lipinski definition) is 9. The highest BCUT2D eigenvalue weighted by molar-refractivity contribution is 8.03. The van der Waals surface area contributed by atoms with Gasteiger partial charge in [0.1, 0.15) is 0 Å². The van der Waals surface area contributed by atoms with Gasteiger partial charge in [0.2, 0.25) is 0 Å². The summed E-state index contributed by atoms with van der Waals surface area (Å²) in [6, 6.07) is 16.5. The quantitative estimate of drug-likeness (QED) is 0.223.